The van der Waals surface area contributed by atoms with Gasteiger partial charge >= 0.3 is 0 Å². The summed E-state index contributed by atoms with van der Waals surface area (Å²) in [6.45, 7) is 2.09. The third-order valence-electron chi connectivity index (χ3n) is 4.56. The Bertz CT molecular complexity index is 625. The maximum Gasteiger partial charge on any atom is 0.231 e. The summed E-state index contributed by atoms with van der Waals surface area (Å²) in [7, 11) is 1.66. The second-order valence-corrected chi connectivity index (χ2v) is 6.38. The molecule has 0 bridgehead atoms. The Hall–Kier alpha value is -1.59. The molecular weight excluding hydrogens is 314 g/mol. The van der Waals surface area contributed by atoms with Crippen molar-refractivity contribution in [3.63, 3.8) is 0 Å². The highest BCUT2D eigenvalue weighted by molar-refractivity contribution is 5.85. The molecule has 1 heterocycles. The molecule has 1 saturated carbocycles. The Morgan fingerprint density at radius 1 is 1.30 bits per heavy atom. The predicted octanol–water partition coefficient (Wildman–Crippen LogP) is 3.47. The van der Waals surface area contributed by atoms with Crippen LogP contribution in [0.15, 0.2) is 28.8 Å². The average Bonchev–Trinajstić information content (AvgIpc) is 2.95. The van der Waals surface area contributed by atoms with Crippen molar-refractivity contribution in [3.05, 3.63) is 41.5 Å². The Balaban J connectivity index is 0.00000192. The summed E-state index contributed by atoms with van der Waals surface area (Å²) >= 11 is 0. The highest BCUT2D eigenvalue weighted by atomic mass is 35.5. The smallest absolute Gasteiger partial charge is 0.231 e. The number of rotatable bonds is 4. The number of halogens is 1. The van der Waals surface area contributed by atoms with Crippen molar-refractivity contribution < 1.29 is 9.26 Å². The van der Waals surface area contributed by atoms with Crippen LogP contribution in [0.25, 0.3) is 0 Å². The van der Waals surface area contributed by atoms with Crippen LogP contribution in [0.4, 0.5) is 0 Å². The molecule has 0 amide bonds. The van der Waals surface area contributed by atoms with E-state index in [2.05, 4.69) is 17.1 Å². The minimum atomic E-state index is -0.248. The number of nitrogens with two attached hydrogens (primary N) is 1. The van der Waals surface area contributed by atoms with Gasteiger partial charge < -0.3 is 15.0 Å². The third kappa shape index (κ3) is 4.03. The van der Waals surface area contributed by atoms with Gasteiger partial charge in [-0.3, -0.25) is 0 Å². The fourth-order valence-corrected chi connectivity index (χ4v) is 3.17. The number of benzene rings is 1. The maximum atomic E-state index is 6.41. The van der Waals surface area contributed by atoms with Gasteiger partial charge in [0.25, 0.3) is 0 Å². The van der Waals surface area contributed by atoms with E-state index in [0.29, 0.717) is 18.1 Å². The van der Waals surface area contributed by atoms with Crippen LogP contribution in [0.3, 0.4) is 0 Å². The highest BCUT2D eigenvalue weighted by Crippen LogP contribution is 2.38. The quantitative estimate of drug-likeness (QED) is 0.924. The van der Waals surface area contributed by atoms with E-state index in [1.807, 2.05) is 24.3 Å². The molecule has 6 heteroatoms. The first-order chi connectivity index (χ1) is 10.6. The zero-order valence-corrected chi connectivity index (χ0v) is 14.4. The molecule has 0 radical (unpaired) electrons. The first-order valence-corrected chi connectivity index (χ1v) is 7.83. The van der Waals surface area contributed by atoms with E-state index in [1.54, 1.807) is 7.11 Å². The standard InChI is InChI=1S/C17H23N3O2.ClH/c1-17(18)10-4-3-5-14(17)16-19-15(20-22-16)11-12-6-8-13(21-2)9-7-12;/h6-9,14H,3-5,10-11,18H2,1-2H3;1H. The van der Waals surface area contributed by atoms with Crippen LogP contribution >= 0.6 is 12.4 Å². The topological polar surface area (TPSA) is 74.2 Å². The van der Waals surface area contributed by atoms with Gasteiger partial charge in [-0.1, -0.05) is 30.1 Å². The summed E-state index contributed by atoms with van der Waals surface area (Å²) in [5, 5.41) is 4.12. The van der Waals surface area contributed by atoms with Gasteiger partial charge in [0.05, 0.1) is 13.0 Å². The van der Waals surface area contributed by atoms with Crippen LogP contribution < -0.4 is 10.5 Å². The van der Waals surface area contributed by atoms with Crippen molar-refractivity contribution in [1.29, 1.82) is 0 Å². The summed E-state index contributed by atoms with van der Waals surface area (Å²) in [5.41, 5.74) is 7.29. The first kappa shape index (κ1) is 17.8. The van der Waals surface area contributed by atoms with Crippen molar-refractivity contribution in [2.75, 3.05) is 7.11 Å². The van der Waals surface area contributed by atoms with E-state index in [1.165, 1.54) is 12.8 Å². The normalized spacial score (nSPS) is 24.0. The van der Waals surface area contributed by atoms with E-state index in [0.717, 1.165) is 24.2 Å². The zero-order chi connectivity index (χ0) is 15.6. The van der Waals surface area contributed by atoms with Crippen molar-refractivity contribution in [3.8, 4) is 5.75 Å². The molecule has 1 aliphatic rings. The van der Waals surface area contributed by atoms with Crippen molar-refractivity contribution >= 4 is 12.4 Å². The lowest BCUT2D eigenvalue weighted by atomic mass is 9.74. The Morgan fingerprint density at radius 2 is 2.04 bits per heavy atom. The van der Waals surface area contributed by atoms with E-state index in [4.69, 9.17) is 15.0 Å². The number of methoxy groups -OCH3 is 1. The molecule has 2 aromatic rings. The minimum absolute atomic E-state index is 0. The van der Waals surface area contributed by atoms with Crippen LogP contribution in [-0.4, -0.2) is 22.8 Å². The lowest BCUT2D eigenvalue weighted by molar-refractivity contribution is 0.223. The summed E-state index contributed by atoms with van der Waals surface area (Å²) in [5.74, 6) is 2.41. The van der Waals surface area contributed by atoms with Gasteiger partial charge in [-0.2, -0.15) is 4.98 Å². The van der Waals surface area contributed by atoms with Gasteiger partial charge in [0, 0.05) is 12.0 Å². The van der Waals surface area contributed by atoms with Crippen molar-refractivity contribution in [1.82, 2.24) is 10.1 Å². The molecule has 1 fully saturated rings. The summed E-state index contributed by atoms with van der Waals surface area (Å²) < 4.78 is 10.7. The fourth-order valence-electron chi connectivity index (χ4n) is 3.17. The highest BCUT2D eigenvalue weighted by Gasteiger charge is 2.37. The van der Waals surface area contributed by atoms with Crippen LogP contribution in [0.5, 0.6) is 5.75 Å². The molecule has 2 N–H and O–H groups in total. The van der Waals surface area contributed by atoms with Gasteiger partial charge in [0.1, 0.15) is 5.75 Å². The molecule has 2 unspecified atom stereocenters. The van der Waals surface area contributed by atoms with E-state index >= 15 is 0 Å². The van der Waals surface area contributed by atoms with E-state index in [-0.39, 0.29) is 23.9 Å². The summed E-state index contributed by atoms with van der Waals surface area (Å²) in [4.78, 5) is 4.58. The molecule has 0 saturated heterocycles. The molecule has 0 aliphatic heterocycles. The monoisotopic (exact) mass is 337 g/mol. The predicted molar refractivity (Wildman–Crippen MR) is 91.1 cm³/mol. The van der Waals surface area contributed by atoms with Gasteiger partial charge in [0.15, 0.2) is 5.82 Å². The number of hydrogen-bond donors (Lipinski definition) is 1. The van der Waals surface area contributed by atoms with Gasteiger partial charge in [-0.25, -0.2) is 0 Å². The van der Waals surface area contributed by atoms with Crippen LogP contribution in [-0.2, 0) is 6.42 Å². The fraction of sp³-hybridized carbons (Fsp3) is 0.529. The second kappa shape index (κ2) is 7.32. The molecule has 23 heavy (non-hydrogen) atoms. The lowest BCUT2D eigenvalue weighted by Gasteiger charge is -2.35. The van der Waals surface area contributed by atoms with E-state index in [9.17, 15) is 0 Å². The SMILES string of the molecule is COc1ccc(Cc2noc(C3CCCCC3(C)N)n2)cc1.Cl. The molecule has 1 aliphatic carbocycles. The zero-order valence-electron chi connectivity index (χ0n) is 13.6. The molecule has 1 aromatic carbocycles. The minimum Gasteiger partial charge on any atom is -0.497 e. The van der Waals surface area contributed by atoms with Gasteiger partial charge in [-0.15, -0.1) is 12.4 Å². The third-order valence-corrected chi connectivity index (χ3v) is 4.56. The summed E-state index contributed by atoms with van der Waals surface area (Å²) in [6.07, 6.45) is 5.04. The van der Waals surface area contributed by atoms with Crippen molar-refractivity contribution in [2.24, 2.45) is 5.73 Å². The largest absolute Gasteiger partial charge is 0.497 e. The maximum absolute atomic E-state index is 6.41. The lowest BCUT2D eigenvalue weighted by Crippen LogP contribution is -2.44. The molecule has 1 aromatic heterocycles. The molecular formula is C17H24ClN3O2. The Kier molecular flexibility index (Phi) is 5.65. The first-order valence-electron chi connectivity index (χ1n) is 7.83. The second-order valence-electron chi connectivity index (χ2n) is 6.38. The van der Waals surface area contributed by atoms with Crippen molar-refractivity contribution in [2.45, 2.75) is 50.5 Å². The number of nitrogens with zero attached hydrogens (tertiary/aromatic N) is 2. The Labute approximate surface area is 143 Å². The van der Waals surface area contributed by atoms with Crippen LogP contribution in [0, 0.1) is 0 Å². The van der Waals surface area contributed by atoms with Gasteiger partial charge in [0.2, 0.25) is 5.89 Å². The van der Waals surface area contributed by atoms with Crippen LogP contribution in [0.1, 0.15) is 55.8 Å². The molecule has 0 spiro atoms. The number of aromatic nitrogens is 2. The van der Waals surface area contributed by atoms with E-state index < -0.39 is 0 Å². The molecule has 3 rings (SSSR count). The number of hydrogen-bond acceptors (Lipinski definition) is 5. The summed E-state index contributed by atoms with van der Waals surface area (Å²) in [6, 6.07) is 7.91. The van der Waals surface area contributed by atoms with Crippen LogP contribution in [0.2, 0.25) is 0 Å². The average molecular weight is 338 g/mol. The molecule has 126 valence electrons. The van der Waals surface area contributed by atoms with Gasteiger partial charge in [-0.05, 0) is 37.5 Å². The number of ether oxygens (including phenoxy) is 1. The molecule has 5 nitrogen and oxygen atoms in total. The molecule has 2 atom stereocenters. The Morgan fingerprint density at radius 3 is 2.70 bits per heavy atom.